The molecule has 4 unspecified atom stereocenters. The minimum Gasteiger partial charge on any atom is -0.369 e. The van der Waals surface area contributed by atoms with Crippen molar-refractivity contribution in [3.63, 3.8) is 0 Å². The van der Waals surface area contributed by atoms with E-state index in [-0.39, 0.29) is 34.8 Å². The van der Waals surface area contributed by atoms with Gasteiger partial charge in [-0.3, -0.25) is 4.79 Å². The lowest BCUT2D eigenvalue weighted by Crippen LogP contribution is -2.82. The normalized spacial score (nSPS) is 35.1. The first-order valence-electron chi connectivity index (χ1n) is 11.7. The van der Waals surface area contributed by atoms with Gasteiger partial charge < -0.3 is 14.7 Å². The quantitative estimate of drug-likeness (QED) is 0.692. The highest BCUT2D eigenvalue weighted by molar-refractivity contribution is 7.91. The zero-order chi connectivity index (χ0) is 22.7. The van der Waals surface area contributed by atoms with Crippen molar-refractivity contribution in [3.8, 4) is 6.07 Å². The maximum atomic E-state index is 12.9. The molecule has 0 N–H and O–H groups in total. The molecule has 1 saturated carbocycles. The summed E-state index contributed by atoms with van der Waals surface area (Å²) in [6, 6.07) is 11.1. The number of hydrogen-bond acceptors (Lipinski definition) is 6. The third-order valence-corrected chi connectivity index (χ3v) is 10.4. The van der Waals surface area contributed by atoms with Crippen molar-refractivity contribution in [1.29, 1.82) is 5.26 Å². The van der Waals surface area contributed by atoms with Crippen molar-refractivity contribution in [2.75, 3.05) is 47.5 Å². The predicted molar refractivity (Wildman–Crippen MR) is 124 cm³/mol. The molecule has 4 atom stereocenters. The van der Waals surface area contributed by atoms with Crippen LogP contribution in [-0.4, -0.2) is 68.5 Å². The Balaban J connectivity index is 1.33. The summed E-state index contributed by atoms with van der Waals surface area (Å²) in [5.41, 5.74) is 2.21. The first-order valence-corrected chi connectivity index (χ1v) is 13.5. The molecule has 0 radical (unpaired) electrons. The molecule has 8 heteroatoms. The summed E-state index contributed by atoms with van der Waals surface area (Å²) < 4.78 is 23.5. The molecule has 1 amide bonds. The van der Waals surface area contributed by atoms with Gasteiger partial charge in [-0.15, -0.1) is 0 Å². The molecular weight excluding hydrogens is 424 g/mol. The molecule has 3 saturated heterocycles. The van der Waals surface area contributed by atoms with Crippen molar-refractivity contribution in [1.82, 2.24) is 4.90 Å². The van der Waals surface area contributed by atoms with Gasteiger partial charge in [0.05, 0.1) is 17.6 Å². The van der Waals surface area contributed by atoms with Crippen LogP contribution in [-0.2, 0) is 14.6 Å². The second kappa shape index (κ2) is 7.38. The maximum absolute atomic E-state index is 12.9. The molecule has 32 heavy (non-hydrogen) atoms. The molecular formula is C24H32N4O3S. The summed E-state index contributed by atoms with van der Waals surface area (Å²) in [7, 11) is -2.88. The number of amides is 1. The summed E-state index contributed by atoms with van der Waals surface area (Å²) in [4.78, 5) is 19.7. The Morgan fingerprint density at radius 2 is 1.75 bits per heavy atom. The van der Waals surface area contributed by atoms with Crippen LogP contribution >= 0.6 is 0 Å². The van der Waals surface area contributed by atoms with Crippen molar-refractivity contribution in [2.24, 2.45) is 11.3 Å². The smallest absolute Gasteiger partial charge is 0.224 e. The molecule has 0 spiro atoms. The van der Waals surface area contributed by atoms with E-state index in [9.17, 15) is 13.2 Å². The fourth-order valence-electron chi connectivity index (χ4n) is 6.73. The molecule has 3 aliphatic heterocycles. The molecule has 172 valence electrons. The molecule has 3 heterocycles. The van der Waals surface area contributed by atoms with Gasteiger partial charge in [-0.05, 0) is 49.9 Å². The summed E-state index contributed by atoms with van der Waals surface area (Å²) in [5.74, 6) is 1.02. The Morgan fingerprint density at radius 1 is 1.09 bits per heavy atom. The SMILES string of the molecule is CC12CC3CN(c4ccc(N5CCS(=O)(=O)CC5)cc4)C1CC2(C)N(C(=O)CCC#N)C3. The molecule has 1 aliphatic carbocycles. The van der Waals surface area contributed by atoms with Crippen molar-refractivity contribution >= 4 is 27.1 Å². The average Bonchev–Trinajstić information content (AvgIpc) is 2.76. The van der Waals surface area contributed by atoms with Crippen molar-refractivity contribution < 1.29 is 13.2 Å². The molecule has 0 aromatic heterocycles. The number of carbonyl (C=O) groups excluding carboxylic acids is 1. The number of nitrogens with zero attached hydrogens (tertiary/aromatic N) is 4. The third-order valence-electron chi connectivity index (χ3n) is 8.78. The standard InChI is InChI=1S/C24H32N4O3S/c1-23-14-18-16-27(21(23)15-24(23,2)28(17-18)22(29)4-3-9-25)20-7-5-19(6-8-20)26-10-12-32(30,31)13-11-26/h5-8,18,21H,3-4,10-17H2,1-2H3. The van der Waals surface area contributed by atoms with Crippen molar-refractivity contribution in [2.45, 2.75) is 51.1 Å². The van der Waals surface area contributed by atoms with Gasteiger partial charge in [0, 0.05) is 67.4 Å². The number of piperidine rings is 2. The van der Waals surface area contributed by atoms with Crippen molar-refractivity contribution in [3.05, 3.63) is 24.3 Å². The molecule has 1 aromatic rings. The van der Waals surface area contributed by atoms with Gasteiger partial charge in [-0.2, -0.15) is 5.26 Å². The van der Waals surface area contributed by atoms with E-state index in [2.05, 4.69) is 58.9 Å². The second-order valence-corrected chi connectivity index (χ2v) is 12.8. The van der Waals surface area contributed by atoms with Gasteiger partial charge in [0.15, 0.2) is 9.84 Å². The summed E-state index contributed by atoms with van der Waals surface area (Å²) >= 11 is 0. The maximum Gasteiger partial charge on any atom is 0.224 e. The number of nitriles is 1. The van der Waals surface area contributed by atoms with E-state index in [0.717, 1.165) is 31.6 Å². The first-order chi connectivity index (χ1) is 15.2. The Kier molecular flexibility index (Phi) is 4.97. The van der Waals surface area contributed by atoms with Gasteiger partial charge in [0.1, 0.15) is 0 Å². The Bertz CT molecular complexity index is 1050. The van der Waals surface area contributed by atoms with Crippen LogP contribution < -0.4 is 9.80 Å². The number of sulfone groups is 1. The first kappa shape index (κ1) is 21.6. The second-order valence-electron chi connectivity index (χ2n) is 10.5. The van der Waals surface area contributed by atoms with Gasteiger partial charge in [-0.25, -0.2) is 8.42 Å². The van der Waals surface area contributed by atoms with Gasteiger partial charge in [0.2, 0.25) is 5.91 Å². The highest BCUT2D eigenvalue weighted by Crippen LogP contribution is 2.64. The van der Waals surface area contributed by atoms with Crippen LogP contribution in [0.3, 0.4) is 0 Å². The minimum absolute atomic E-state index is 0.0520. The Morgan fingerprint density at radius 3 is 2.41 bits per heavy atom. The number of anilines is 2. The topological polar surface area (TPSA) is 84.7 Å². The van der Waals surface area contributed by atoms with Gasteiger partial charge >= 0.3 is 0 Å². The zero-order valence-corrected chi connectivity index (χ0v) is 19.8. The molecule has 4 aliphatic rings. The van der Waals surface area contributed by atoms with E-state index >= 15 is 0 Å². The predicted octanol–water partition coefficient (Wildman–Crippen LogP) is 2.43. The third kappa shape index (κ3) is 3.20. The summed E-state index contributed by atoms with van der Waals surface area (Å²) in [5, 5.41) is 8.89. The number of likely N-dealkylation sites (tertiary alicyclic amines) is 1. The van der Waals surface area contributed by atoms with Crippen LogP contribution in [0, 0.1) is 22.7 Å². The van der Waals surface area contributed by atoms with E-state index in [4.69, 9.17) is 5.26 Å². The lowest BCUT2D eigenvalue weighted by molar-refractivity contribution is -0.192. The molecule has 7 nitrogen and oxygen atoms in total. The van der Waals surface area contributed by atoms with Gasteiger partial charge in [0.25, 0.3) is 0 Å². The largest absolute Gasteiger partial charge is 0.369 e. The van der Waals surface area contributed by atoms with E-state index in [1.54, 1.807) is 0 Å². The highest BCUT2D eigenvalue weighted by Gasteiger charge is 2.69. The lowest BCUT2D eigenvalue weighted by atomic mass is 9.45. The number of carbonyl (C=O) groups is 1. The number of fused-ring (bicyclic) bond motifs is 1. The van der Waals surface area contributed by atoms with Crippen LogP contribution in [0.25, 0.3) is 0 Å². The summed E-state index contributed by atoms with van der Waals surface area (Å²) in [6.07, 6.45) is 2.72. The fourth-order valence-corrected chi connectivity index (χ4v) is 7.93. The fraction of sp³-hybridized carbons (Fsp3) is 0.667. The van der Waals surface area contributed by atoms with Crippen LogP contribution in [0.1, 0.15) is 39.5 Å². The van der Waals surface area contributed by atoms with Gasteiger partial charge in [-0.1, -0.05) is 6.92 Å². The van der Waals surface area contributed by atoms with Crippen LogP contribution in [0.5, 0.6) is 0 Å². The van der Waals surface area contributed by atoms with Crippen LogP contribution in [0.15, 0.2) is 24.3 Å². The number of hydrogen-bond donors (Lipinski definition) is 0. The molecule has 5 rings (SSSR count). The zero-order valence-electron chi connectivity index (χ0n) is 19.0. The van der Waals surface area contributed by atoms with E-state index in [1.165, 1.54) is 5.69 Å². The molecule has 4 fully saturated rings. The van der Waals surface area contributed by atoms with E-state index in [1.807, 2.05) is 0 Å². The molecule has 2 bridgehead atoms. The average molecular weight is 457 g/mol. The highest BCUT2D eigenvalue weighted by atomic mass is 32.2. The lowest BCUT2D eigenvalue weighted by Gasteiger charge is -2.74. The number of benzene rings is 1. The summed E-state index contributed by atoms with van der Waals surface area (Å²) in [6.45, 7) is 7.41. The van der Waals surface area contributed by atoms with Crippen LogP contribution in [0.2, 0.25) is 0 Å². The molecule has 1 aromatic carbocycles. The van der Waals surface area contributed by atoms with E-state index in [0.29, 0.717) is 31.5 Å². The Labute approximate surface area is 190 Å². The Hall–Kier alpha value is -2.27. The van der Waals surface area contributed by atoms with E-state index < -0.39 is 9.84 Å². The van der Waals surface area contributed by atoms with Crippen LogP contribution in [0.4, 0.5) is 11.4 Å². The number of rotatable bonds is 4. The monoisotopic (exact) mass is 456 g/mol. The minimum atomic E-state index is -2.88.